The van der Waals surface area contributed by atoms with Crippen LogP contribution in [0.25, 0.3) is 79.0 Å². The van der Waals surface area contributed by atoms with Gasteiger partial charge in [-0.2, -0.15) is 0 Å². The van der Waals surface area contributed by atoms with Crippen molar-refractivity contribution >= 4 is 102 Å². The van der Waals surface area contributed by atoms with E-state index in [1.54, 1.807) is 0 Å². The highest BCUT2D eigenvalue weighted by Crippen LogP contribution is 2.47. The maximum atomic E-state index is 6.49. The molecule has 0 fully saturated rings. The molecule has 0 amide bonds. The molecule has 248 valence electrons. The third-order valence-corrected chi connectivity index (χ3v) is 13.0. The van der Waals surface area contributed by atoms with Gasteiger partial charge in [0.25, 0.3) is 0 Å². The fraction of sp³-hybridized carbons (Fsp3) is 0. The summed E-state index contributed by atoms with van der Waals surface area (Å²) >= 11 is 3.72. The molecule has 4 heterocycles. The number of anilines is 3. The van der Waals surface area contributed by atoms with Crippen molar-refractivity contribution in [1.29, 1.82) is 0 Å². The molecule has 0 radical (unpaired) electrons. The Morgan fingerprint density at radius 3 is 1.66 bits per heavy atom. The van der Waals surface area contributed by atoms with Crippen LogP contribution in [-0.2, 0) is 0 Å². The molecule has 11 aromatic rings. The fourth-order valence-electron chi connectivity index (χ4n) is 8.35. The van der Waals surface area contributed by atoms with E-state index in [-0.39, 0.29) is 0 Å². The molecule has 0 N–H and O–H groups in total. The third-order valence-electron chi connectivity index (χ3n) is 10.8. The van der Waals surface area contributed by atoms with Gasteiger partial charge >= 0.3 is 0 Å². The van der Waals surface area contributed by atoms with E-state index >= 15 is 0 Å². The first kappa shape index (κ1) is 29.2. The lowest BCUT2D eigenvalue weighted by atomic mass is 10.0. The first-order valence-electron chi connectivity index (χ1n) is 17.8. The van der Waals surface area contributed by atoms with E-state index < -0.39 is 0 Å². The summed E-state index contributed by atoms with van der Waals surface area (Å²) in [5, 5.41) is 7.68. The average Bonchev–Trinajstić information content (AvgIpc) is 3.88. The van der Waals surface area contributed by atoms with Crippen LogP contribution in [0.2, 0.25) is 0 Å². The van der Waals surface area contributed by atoms with Crippen molar-refractivity contribution < 1.29 is 4.74 Å². The number of hydrogen-bond donors (Lipinski definition) is 0. The summed E-state index contributed by atoms with van der Waals surface area (Å²) < 4.78 is 14.1. The Labute approximate surface area is 312 Å². The van der Waals surface area contributed by atoms with Gasteiger partial charge in [-0.25, -0.2) is 0 Å². The van der Waals surface area contributed by atoms with Crippen LogP contribution >= 0.6 is 22.7 Å². The highest BCUT2D eigenvalue weighted by atomic mass is 32.1. The van der Waals surface area contributed by atoms with E-state index in [4.69, 9.17) is 4.74 Å². The lowest BCUT2D eigenvalue weighted by Gasteiger charge is -2.26. The molecular formula is C48H28N2OS2. The van der Waals surface area contributed by atoms with Crippen molar-refractivity contribution in [3.05, 3.63) is 170 Å². The molecule has 0 saturated heterocycles. The molecule has 3 nitrogen and oxygen atoms in total. The Balaban J connectivity index is 0.993. The molecule has 0 atom stereocenters. The quantitative estimate of drug-likeness (QED) is 0.181. The highest BCUT2D eigenvalue weighted by molar-refractivity contribution is 7.26. The second kappa shape index (κ2) is 11.1. The van der Waals surface area contributed by atoms with Gasteiger partial charge in [-0.05, 0) is 83.9 Å². The third kappa shape index (κ3) is 4.32. The summed E-state index contributed by atoms with van der Waals surface area (Å²) in [5.41, 5.74) is 9.08. The molecule has 3 aromatic heterocycles. The summed E-state index contributed by atoms with van der Waals surface area (Å²) in [6.07, 6.45) is 0. The number of para-hydroxylation sites is 2. The largest absolute Gasteiger partial charge is 0.453 e. The van der Waals surface area contributed by atoms with Crippen LogP contribution in [0, 0.1) is 0 Å². The van der Waals surface area contributed by atoms with Crippen molar-refractivity contribution in [2.45, 2.75) is 0 Å². The van der Waals surface area contributed by atoms with Crippen LogP contribution in [0.5, 0.6) is 11.5 Å². The van der Waals surface area contributed by atoms with Gasteiger partial charge in [0, 0.05) is 68.2 Å². The predicted molar refractivity (Wildman–Crippen MR) is 227 cm³/mol. The van der Waals surface area contributed by atoms with Crippen molar-refractivity contribution in [2.75, 3.05) is 4.90 Å². The van der Waals surface area contributed by atoms with E-state index in [1.807, 2.05) is 22.7 Å². The Bertz CT molecular complexity index is 3160. The molecule has 0 saturated carbocycles. The molecular weight excluding hydrogens is 685 g/mol. The van der Waals surface area contributed by atoms with E-state index in [9.17, 15) is 0 Å². The second-order valence-electron chi connectivity index (χ2n) is 13.7. The maximum absolute atomic E-state index is 6.49. The van der Waals surface area contributed by atoms with Gasteiger partial charge in [-0.1, -0.05) is 97.1 Å². The van der Waals surface area contributed by atoms with Crippen molar-refractivity contribution in [3.63, 3.8) is 0 Å². The monoisotopic (exact) mass is 712 g/mol. The number of aromatic nitrogens is 1. The molecule has 8 aromatic carbocycles. The summed E-state index contributed by atoms with van der Waals surface area (Å²) in [6.45, 7) is 0. The lowest BCUT2D eigenvalue weighted by Crippen LogP contribution is -2.09. The molecule has 0 aliphatic carbocycles. The lowest BCUT2D eigenvalue weighted by molar-refractivity contribution is 0.476. The van der Waals surface area contributed by atoms with Gasteiger partial charge in [-0.3, -0.25) is 0 Å². The number of rotatable bonds is 4. The van der Waals surface area contributed by atoms with Crippen LogP contribution in [0.15, 0.2) is 170 Å². The summed E-state index contributed by atoms with van der Waals surface area (Å²) in [7, 11) is 0. The molecule has 1 aliphatic rings. The Morgan fingerprint density at radius 1 is 0.396 bits per heavy atom. The minimum absolute atomic E-state index is 0.867. The van der Waals surface area contributed by atoms with Gasteiger partial charge in [0.1, 0.15) is 0 Å². The van der Waals surface area contributed by atoms with Gasteiger partial charge < -0.3 is 14.2 Å². The Morgan fingerprint density at radius 2 is 0.962 bits per heavy atom. The minimum Gasteiger partial charge on any atom is -0.453 e. The normalized spacial score (nSPS) is 12.3. The topological polar surface area (TPSA) is 17.4 Å². The number of nitrogens with zero attached hydrogens (tertiary/aromatic N) is 2. The Hall–Kier alpha value is -6.40. The zero-order valence-corrected chi connectivity index (χ0v) is 29.9. The maximum Gasteiger partial charge on any atom is 0.152 e. The standard InChI is InChI=1S/C48H28N2OS2/c1-4-12-40-34(8-1)39-11-7-13-43-48(39)50(40)41-26-30(18-25-42(41)51-43)29-16-19-31(20-17-29)49(32-21-23-37-35-9-2-5-14-44(35)52-46(37)27-32)33-22-24-38-36-10-3-6-15-45(36)53-47(38)28-33/h1-28H. The number of ether oxygens (including phenoxy) is 1. The zero-order valence-electron chi connectivity index (χ0n) is 28.3. The molecule has 0 bridgehead atoms. The predicted octanol–water partition coefficient (Wildman–Crippen LogP) is 14.8. The van der Waals surface area contributed by atoms with Crippen LogP contribution in [-0.4, -0.2) is 4.57 Å². The van der Waals surface area contributed by atoms with Crippen molar-refractivity contribution in [1.82, 2.24) is 4.57 Å². The number of thiophene rings is 2. The average molecular weight is 713 g/mol. The molecule has 1 aliphatic heterocycles. The molecule has 5 heteroatoms. The van der Waals surface area contributed by atoms with Crippen LogP contribution in [0.4, 0.5) is 17.1 Å². The van der Waals surface area contributed by atoms with E-state index in [1.165, 1.54) is 56.6 Å². The van der Waals surface area contributed by atoms with Gasteiger partial charge in [-0.15, -0.1) is 22.7 Å². The Kier molecular flexibility index (Phi) is 6.09. The van der Waals surface area contributed by atoms with Crippen LogP contribution in [0.1, 0.15) is 0 Å². The molecule has 53 heavy (non-hydrogen) atoms. The first-order chi connectivity index (χ1) is 26.2. The van der Waals surface area contributed by atoms with E-state index in [0.717, 1.165) is 50.9 Å². The molecule has 0 spiro atoms. The highest BCUT2D eigenvalue weighted by Gasteiger charge is 2.24. The molecule has 12 rings (SSSR count). The van der Waals surface area contributed by atoms with Crippen LogP contribution < -0.4 is 9.64 Å². The first-order valence-corrected chi connectivity index (χ1v) is 19.5. The molecule has 0 unspecified atom stereocenters. The number of hydrogen-bond acceptors (Lipinski definition) is 4. The summed E-state index contributed by atoms with van der Waals surface area (Å²) in [4.78, 5) is 2.40. The van der Waals surface area contributed by atoms with Gasteiger partial charge in [0.05, 0.1) is 16.7 Å². The summed E-state index contributed by atoms with van der Waals surface area (Å²) in [6, 6.07) is 61.8. The van der Waals surface area contributed by atoms with E-state index in [2.05, 4.69) is 179 Å². The van der Waals surface area contributed by atoms with E-state index in [0.29, 0.717) is 0 Å². The minimum atomic E-state index is 0.867. The van der Waals surface area contributed by atoms with Gasteiger partial charge in [0.15, 0.2) is 11.5 Å². The van der Waals surface area contributed by atoms with Crippen molar-refractivity contribution in [2.24, 2.45) is 0 Å². The number of fused-ring (bicyclic) bond motifs is 11. The SMILES string of the molecule is c1ccc2c(c1)sc1cc(N(c3ccc(-c4ccc5c(c4)-n4c6ccccc6c6cccc(c64)O5)cc3)c3ccc4c(c3)sc3ccccc34)ccc12. The smallest absolute Gasteiger partial charge is 0.152 e. The van der Waals surface area contributed by atoms with Gasteiger partial charge in [0.2, 0.25) is 0 Å². The zero-order chi connectivity index (χ0) is 34.6. The van der Waals surface area contributed by atoms with Crippen LogP contribution in [0.3, 0.4) is 0 Å². The fourth-order valence-corrected chi connectivity index (χ4v) is 10.6. The van der Waals surface area contributed by atoms with Crippen molar-refractivity contribution in [3.8, 4) is 28.3 Å². The second-order valence-corrected chi connectivity index (χ2v) is 15.9. The number of benzene rings is 8. The summed E-state index contributed by atoms with van der Waals surface area (Å²) in [5.74, 6) is 1.76.